The van der Waals surface area contributed by atoms with Gasteiger partial charge in [-0.15, -0.1) is 0 Å². The number of unbranched alkanes of at least 4 members (excludes halogenated alkanes) is 38. The molecule has 0 aromatic heterocycles. The van der Waals surface area contributed by atoms with Gasteiger partial charge in [0.15, 0.2) is 6.29 Å². The van der Waals surface area contributed by atoms with E-state index in [1.165, 1.54) is 218 Å². The van der Waals surface area contributed by atoms with Crippen molar-refractivity contribution in [1.29, 1.82) is 0 Å². The highest BCUT2D eigenvalue weighted by molar-refractivity contribution is 5.76. The van der Waals surface area contributed by atoms with Gasteiger partial charge in [-0.3, -0.25) is 4.79 Å². The molecule has 1 aliphatic heterocycles. The molecule has 1 heterocycles. The van der Waals surface area contributed by atoms with Crippen molar-refractivity contribution in [3.63, 3.8) is 0 Å². The predicted octanol–water partition coefficient (Wildman–Crippen LogP) is 13.1. The fourth-order valence-corrected chi connectivity index (χ4v) is 9.28. The number of carbonyl (C=O) groups excluding carboxylic acids is 1. The molecule has 0 aromatic carbocycles. The lowest BCUT2D eigenvalue weighted by Crippen LogP contribution is -2.60. The molecule has 1 rings (SSSR count). The van der Waals surface area contributed by atoms with Crippen molar-refractivity contribution in [2.45, 2.75) is 326 Å². The number of aliphatic hydroxyl groups excluding tert-OH is 5. The maximum Gasteiger partial charge on any atom is 0.220 e. The summed E-state index contributed by atoms with van der Waals surface area (Å²) in [5.74, 6) is -0.138. The lowest BCUT2D eigenvalue weighted by molar-refractivity contribution is -0.302. The molecule has 376 valence electrons. The highest BCUT2D eigenvalue weighted by atomic mass is 16.7. The summed E-state index contributed by atoms with van der Waals surface area (Å²) in [4.78, 5) is 13.0. The summed E-state index contributed by atoms with van der Waals surface area (Å²) in [7, 11) is 0. The normalized spacial score (nSPS) is 20.0. The van der Waals surface area contributed by atoms with Crippen LogP contribution in [0.1, 0.15) is 284 Å². The van der Waals surface area contributed by atoms with Crippen LogP contribution >= 0.6 is 0 Å². The lowest BCUT2D eigenvalue weighted by atomic mass is 9.99. The molecule has 0 bridgehead atoms. The summed E-state index contributed by atoms with van der Waals surface area (Å²) >= 11 is 0. The first-order chi connectivity index (χ1) is 30.8. The highest BCUT2D eigenvalue weighted by Crippen LogP contribution is 2.23. The van der Waals surface area contributed by atoms with E-state index in [0.29, 0.717) is 12.8 Å². The van der Waals surface area contributed by atoms with Crippen LogP contribution in [0.5, 0.6) is 0 Å². The predicted molar refractivity (Wildman–Crippen MR) is 263 cm³/mol. The first-order valence-electron chi connectivity index (χ1n) is 27.7. The van der Waals surface area contributed by atoms with Gasteiger partial charge in [-0.1, -0.05) is 264 Å². The molecule has 0 saturated carbocycles. The second-order valence-corrected chi connectivity index (χ2v) is 19.7. The zero-order chi connectivity index (χ0) is 45.9. The van der Waals surface area contributed by atoms with Gasteiger partial charge in [0.1, 0.15) is 24.4 Å². The Morgan fingerprint density at radius 3 is 1.13 bits per heavy atom. The molecule has 7 atom stereocenters. The van der Waals surface area contributed by atoms with Gasteiger partial charge in [0.25, 0.3) is 0 Å². The fraction of sp³-hybridized carbons (Fsp3) is 0.981. The standard InChI is InChI=1S/C54H107NO8/c1-3-5-7-9-11-13-15-17-18-19-20-21-22-23-24-25-26-27-28-29-30-31-32-34-36-38-40-42-44-50(58)55-47(46-62-54-53(61)52(60)51(59)49(45-56)63-54)48(57)43-41-39-37-35-33-16-14-12-10-8-6-4-2/h47-49,51-54,56-57,59-61H,3-46H2,1-2H3,(H,55,58)/t47-,48+,49+,51+,52?,53?,54+/m0/s1. The second-order valence-electron chi connectivity index (χ2n) is 19.7. The van der Waals surface area contributed by atoms with Crippen molar-refractivity contribution in [1.82, 2.24) is 5.32 Å². The highest BCUT2D eigenvalue weighted by Gasteiger charge is 2.44. The molecule has 9 heteroatoms. The Morgan fingerprint density at radius 1 is 0.476 bits per heavy atom. The van der Waals surface area contributed by atoms with E-state index < -0.39 is 49.5 Å². The Balaban J connectivity index is 2.12. The van der Waals surface area contributed by atoms with E-state index >= 15 is 0 Å². The Labute approximate surface area is 389 Å². The summed E-state index contributed by atoms with van der Waals surface area (Å²) in [6.07, 6.45) is 45.7. The monoisotopic (exact) mass is 898 g/mol. The third-order valence-electron chi connectivity index (χ3n) is 13.7. The quantitative estimate of drug-likeness (QED) is 0.0331. The third kappa shape index (κ3) is 35.1. The molecule has 1 fully saturated rings. The van der Waals surface area contributed by atoms with Crippen molar-refractivity contribution in [2.24, 2.45) is 0 Å². The first-order valence-corrected chi connectivity index (χ1v) is 27.7. The first kappa shape index (κ1) is 60.2. The van der Waals surface area contributed by atoms with Gasteiger partial charge in [0.05, 0.1) is 25.4 Å². The molecule has 1 amide bonds. The Kier molecular flexibility index (Phi) is 43.0. The van der Waals surface area contributed by atoms with Crippen molar-refractivity contribution >= 4 is 5.91 Å². The molecule has 6 N–H and O–H groups in total. The van der Waals surface area contributed by atoms with Crippen LogP contribution in [-0.2, 0) is 14.3 Å². The van der Waals surface area contributed by atoms with Crippen molar-refractivity contribution in [3.8, 4) is 0 Å². The SMILES string of the molecule is CCCCCCCCCCCCCCCCCCCCCCCCCCCCCCC(=O)N[C@@H](CO[C@@H]1O[C@H](CO)[C@@H](O)C(O)C1O)[C@H](O)CCCCCCCCCCCCCC. The minimum atomic E-state index is -1.55. The molecular weight excluding hydrogens is 791 g/mol. The largest absolute Gasteiger partial charge is 0.394 e. The van der Waals surface area contributed by atoms with E-state index in [-0.39, 0.29) is 12.5 Å². The van der Waals surface area contributed by atoms with Crippen LogP contribution in [0.2, 0.25) is 0 Å². The number of nitrogens with one attached hydrogen (secondary N) is 1. The van der Waals surface area contributed by atoms with E-state index in [9.17, 15) is 30.3 Å². The van der Waals surface area contributed by atoms with E-state index in [0.717, 1.165) is 38.5 Å². The fourth-order valence-electron chi connectivity index (χ4n) is 9.28. The van der Waals surface area contributed by atoms with Crippen LogP contribution in [0.3, 0.4) is 0 Å². The maximum absolute atomic E-state index is 13.0. The van der Waals surface area contributed by atoms with Gasteiger partial charge in [-0.25, -0.2) is 0 Å². The number of amides is 1. The molecule has 0 radical (unpaired) electrons. The molecule has 2 unspecified atom stereocenters. The van der Waals surface area contributed by atoms with Crippen molar-refractivity contribution < 1.29 is 39.8 Å². The third-order valence-corrected chi connectivity index (χ3v) is 13.7. The number of carbonyl (C=O) groups is 1. The van der Waals surface area contributed by atoms with Gasteiger partial charge < -0.3 is 40.3 Å². The van der Waals surface area contributed by atoms with Gasteiger partial charge in [0, 0.05) is 6.42 Å². The Bertz CT molecular complexity index is 955. The number of hydrogen-bond donors (Lipinski definition) is 6. The summed E-state index contributed by atoms with van der Waals surface area (Å²) in [6.45, 7) is 3.86. The van der Waals surface area contributed by atoms with Crippen LogP contribution in [-0.4, -0.2) is 87.5 Å². The van der Waals surface area contributed by atoms with Crippen molar-refractivity contribution in [2.75, 3.05) is 13.2 Å². The average molecular weight is 898 g/mol. The molecule has 1 aliphatic rings. The van der Waals surface area contributed by atoms with Crippen LogP contribution < -0.4 is 5.32 Å². The summed E-state index contributed by atoms with van der Waals surface area (Å²) < 4.78 is 11.3. The van der Waals surface area contributed by atoms with Gasteiger partial charge in [-0.2, -0.15) is 0 Å². The van der Waals surface area contributed by atoms with E-state index in [1.807, 2.05) is 0 Å². The zero-order valence-corrected chi connectivity index (χ0v) is 41.6. The second kappa shape index (κ2) is 45.0. The smallest absolute Gasteiger partial charge is 0.220 e. The number of hydrogen-bond acceptors (Lipinski definition) is 8. The summed E-state index contributed by atoms with van der Waals surface area (Å²) in [5, 5.41) is 54.5. The summed E-state index contributed by atoms with van der Waals surface area (Å²) in [5.41, 5.74) is 0. The molecule has 0 aliphatic carbocycles. The maximum atomic E-state index is 13.0. The molecule has 63 heavy (non-hydrogen) atoms. The Hall–Kier alpha value is -0.810. The molecule has 0 spiro atoms. The van der Waals surface area contributed by atoms with E-state index in [1.54, 1.807) is 0 Å². The minimum absolute atomic E-state index is 0.132. The van der Waals surface area contributed by atoms with Crippen LogP contribution in [0.15, 0.2) is 0 Å². The lowest BCUT2D eigenvalue weighted by Gasteiger charge is -2.40. The van der Waals surface area contributed by atoms with Crippen molar-refractivity contribution in [3.05, 3.63) is 0 Å². The molecular formula is C54H107NO8. The topological polar surface area (TPSA) is 149 Å². The number of ether oxygens (including phenoxy) is 2. The van der Waals surface area contributed by atoms with Gasteiger partial charge in [-0.05, 0) is 12.8 Å². The number of aliphatic hydroxyl groups is 5. The minimum Gasteiger partial charge on any atom is -0.394 e. The van der Waals surface area contributed by atoms with Crippen LogP contribution in [0.4, 0.5) is 0 Å². The van der Waals surface area contributed by atoms with Gasteiger partial charge in [0.2, 0.25) is 5.91 Å². The van der Waals surface area contributed by atoms with Crippen LogP contribution in [0, 0.1) is 0 Å². The summed E-state index contributed by atoms with van der Waals surface area (Å²) in [6, 6.07) is -0.712. The molecule has 0 aromatic rings. The van der Waals surface area contributed by atoms with E-state index in [2.05, 4.69) is 19.2 Å². The molecule has 9 nitrogen and oxygen atoms in total. The molecule has 1 saturated heterocycles. The van der Waals surface area contributed by atoms with E-state index in [4.69, 9.17) is 9.47 Å². The Morgan fingerprint density at radius 2 is 0.794 bits per heavy atom. The average Bonchev–Trinajstić information content (AvgIpc) is 3.28. The zero-order valence-electron chi connectivity index (χ0n) is 41.6. The number of rotatable bonds is 48. The van der Waals surface area contributed by atoms with Crippen LogP contribution in [0.25, 0.3) is 0 Å². The van der Waals surface area contributed by atoms with Gasteiger partial charge >= 0.3 is 0 Å².